The van der Waals surface area contributed by atoms with Crippen LogP contribution in [0.3, 0.4) is 0 Å². The zero-order valence-electron chi connectivity index (χ0n) is 12.8. The molecule has 1 amide bonds. The van der Waals surface area contributed by atoms with Crippen LogP contribution in [0.25, 0.3) is 0 Å². The predicted octanol–water partition coefficient (Wildman–Crippen LogP) is 4.45. The Morgan fingerprint density at radius 2 is 1.83 bits per heavy atom. The van der Waals surface area contributed by atoms with Gasteiger partial charge in [0.05, 0.1) is 18.2 Å². The average molecular weight is 402 g/mol. The Morgan fingerprint density at radius 3 is 2.42 bits per heavy atom. The van der Waals surface area contributed by atoms with Crippen molar-refractivity contribution in [3.63, 3.8) is 0 Å². The molecular formula is C17H15BrF3NO2. The molecule has 0 atom stereocenters. The molecule has 0 bridgehead atoms. The van der Waals surface area contributed by atoms with E-state index in [2.05, 4.69) is 21.2 Å². The van der Waals surface area contributed by atoms with E-state index in [1.165, 1.54) is 19.2 Å². The van der Waals surface area contributed by atoms with Crippen molar-refractivity contribution in [3.05, 3.63) is 63.6 Å². The Bertz CT molecular complexity index is 715. The molecule has 1 N–H and O–H groups in total. The molecule has 0 unspecified atom stereocenters. The lowest BCUT2D eigenvalue weighted by molar-refractivity contribution is -0.137. The number of rotatable bonds is 5. The molecule has 7 heteroatoms. The van der Waals surface area contributed by atoms with Gasteiger partial charge in [0.15, 0.2) is 0 Å². The number of hydrogen-bond donors (Lipinski definition) is 1. The van der Waals surface area contributed by atoms with E-state index >= 15 is 0 Å². The summed E-state index contributed by atoms with van der Waals surface area (Å²) in [5.74, 6) is 0.277. The summed E-state index contributed by atoms with van der Waals surface area (Å²) in [6.45, 7) is 0.313. The Labute approximate surface area is 146 Å². The van der Waals surface area contributed by atoms with Crippen molar-refractivity contribution in [1.29, 1.82) is 0 Å². The summed E-state index contributed by atoms with van der Waals surface area (Å²) < 4.78 is 43.2. The predicted molar refractivity (Wildman–Crippen MR) is 88.2 cm³/mol. The van der Waals surface area contributed by atoms with E-state index in [1.807, 2.05) is 0 Å². The Morgan fingerprint density at radius 1 is 1.17 bits per heavy atom. The quantitative estimate of drug-likeness (QED) is 0.803. The molecule has 24 heavy (non-hydrogen) atoms. The van der Waals surface area contributed by atoms with Crippen LogP contribution in [0.2, 0.25) is 0 Å². The maximum absolute atomic E-state index is 12.5. The van der Waals surface area contributed by atoms with E-state index in [4.69, 9.17) is 4.74 Å². The SMILES string of the molecule is COc1ccc(Br)c(C(=O)NCCc2ccc(C(F)(F)F)cc2)c1. The molecule has 0 fully saturated rings. The fraction of sp³-hybridized carbons (Fsp3) is 0.235. The number of nitrogens with one attached hydrogen (secondary N) is 1. The molecule has 0 aliphatic heterocycles. The van der Waals surface area contributed by atoms with E-state index in [1.54, 1.807) is 18.2 Å². The minimum absolute atomic E-state index is 0.285. The van der Waals surface area contributed by atoms with Crippen LogP contribution in [-0.2, 0) is 12.6 Å². The first-order valence-electron chi connectivity index (χ1n) is 7.09. The molecule has 0 spiro atoms. The van der Waals surface area contributed by atoms with Crippen LogP contribution in [0.1, 0.15) is 21.5 Å². The summed E-state index contributed by atoms with van der Waals surface area (Å²) in [5, 5.41) is 2.74. The average Bonchev–Trinajstić information content (AvgIpc) is 2.55. The molecule has 0 saturated heterocycles. The van der Waals surface area contributed by atoms with Gasteiger partial charge in [-0.25, -0.2) is 0 Å². The fourth-order valence-corrected chi connectivity index (χ4v) is 2.51. The van der Waals surface area contributed by atoms with Crippen molar-refractivity contribution in [2.24, 2.45) is 0 Å². The summed E-state index contributed by atoms with van der Waals surface area (Å²) in [6.07, 6.45) is -3.91. The van der Waals surface area contributed by atoms with Gasteiger partial charge in [0.2, 0.25) is 0 Å². The number of ether oxygens (including phenoxy) is 1. The summed E-state index contributed by atoms with van der Waals surface area (Å²) >= 11 is 3.30. The number of amides is 1. The van der Waals surface area contributed by atoms with Gasteiger partial charge in [0.1, 0.15) is 5.75 Å². The highest BCUT2D eigenvalue weighted by Gasteiger charge is 2.29. The number of carbonyl (C=O) groups is 1. The highest BCUT2D eigenvalue weighted by molar-refractivity contribution is 9.10. The fourth-order valence-electron chi connectivity index (χ4n) is 2.08. The largest absolute Gasteiger partial charge is 0.497 e. The minimum atomic E-state index is -4.34. The van der Waals surface area contributed by atoms with Crippen LogP contribution in [0.5, 0.6) is 5.75 Å². The zero-order chi connectivity index (χ0) is 17.7. The molecule has 2 aromatic carbocycles. The van der Waals surface area contributed by atoms with E-state index in [0.29, 0.717) is 34.3 Å². The molecule has 0 aliphatic rings. The van der Waals surface area contributed by atoms with E-state index in [0.717, 1.165) is 12.1 Å². The van der Waals surface area contributed by atoms with Gasteiger partial charge in [0.25, 0.3) is 5.91 Å². The van der Waals surface area contributed by atoms with Gasteiger partial charge in [-0.3, -0.25) is 4.79 Å². The molecule has 2 rings (SSSR count). The van der Waals surface area contributed by atoms with Crippen LogP contribution in [0, 0.1) is 0 Å². The van der Waals surface area contributed by atoms with E-state index < -0.39 is 11.7 Å². The molecule has 2 aromatic rings. The number of hydrogen-bond acceptors (Lipinski definition) is 2. The number of halogens is 4. The molecule has 128 valence electrons. The maximum Gasteiger partial charge on any atom is 0.416 e. The van der Waals surface area contributed by atoms with Crippen molar-refractivity contribution >= 4 is 21.8 Å². The van der Waals surface area contributed by atoms with E-state index in [9.17, 15) is 18.0 Å². The van der Waals surface area contributed by atoms with Crippen LogP contribution >= 0.6 is 15.9 Å². The van der Waals surface area contributed by atoms with Gasteiger partial charge in [0, 0.05) is 11.0 Å². The number of methoxy groups -OCH3 is 1. The van der Waals surface area contributed by atoms with Gasteiger partial charge in [-0.2, -0.15) is 13.2 Å². The summed E-state index contributed by atoms with van der Waals surface area (Å²) in [4.78, 5) is 12.2. The topological polar surface area (TPSA) is 38.3 Å². The second-order valence-corrected chi connectivity index (χ2v) is 5.90. The number of alkyl halides is 3. The summed E-state index contributed by atoms with van der Waals surface area (Å²) in [6, 6.07) is 9.95. The van der Waals surface area contributed by atoms with Gasteiger partial charge < -0.3 is 10.1 Å². The van der Waals surface area contributed by atoms with Gasteiger partial charge in [-0.05, 0) is 58.2 Å². The van der Waals surface area contributed by atoms with Gasteiger partial charge in [-0.1, -0.05) is 12.1 Å². The van der Waals surface area contributed by atoms with Crippen LogP contribution in [-0.4, -0.2) is 19.6 Å². The Balaban J connectivity index is 1.93. The first-order valence-corrected chi connectivity index (χ1v) is 7.88. The van der Waals surface area contributed by atoms with Gasteiger partial charge in [-0.15, -0.1) is 0 Å². The first kappa shape index (κ1) is 18.3. The highest BCUT2D eigenvalue weighted by atomic mass is 79.9. The lowest BCUT2D eigenvalue weighted by Crippen LogP contribution is -2.26. The van der Waals surface area contributed by atoms with Gasteiger partial charge >= 0.3 is 6.18 Å². The van der Waals surface area contributed by atoms with E-state index in [-0.39, 0.29) is 5.91 Å². The Hall–Kier alpha value is -2.02. The number of carbonyl (C=O) groups excluding carboxylic acids is 1. The number of benzene rings is 2. The molecule has 0 aliphatic carbocycles. The molecule has 0 aromatic heterocycles. The molecule has 0 saturated carbocycles. The minimum Gasteiger partial charge on any atom is -0.497 e. The maximum atomic E-state index is 12.5. The third-order valence-electron chi connectivity index (χ3n) is 3.40. The third kappa shape index (κ3) is 4.74. The standard InChI is InChI=1S/C17H15BrF3NO2/c1-24-13-6-7-15(18)14(10-13)16(23)22-9-8-11-2-4-12(5-3-11)17(19,20)21/h2-7,10H,8-9H2,1H3,(H,22,23). The highest BCUT2D eigenvalue weighted by Crippen LogP contribution is 2.29. The van der Waals surface area contributed by atoms with Crippen molar-refractivity contribution in [3.8, 4) is 5.75 Å². The zero-order valence-corrected chi connectivity index (χ0v) is 14.4. The van der Waals surface area contributed by atoms with Crippen molar-refractivity contribution in [1.82, 2.24) is 5.32 Å². The Kier molecular flexibility index (Phi) is 5.88. The van der Waals surface area contributed by atoms with Crippen LogP contribution in [0.15, 0.2) is 46.9 Å². The second-order valence-electron chi connectivity index (χ2n) is 5.05. The second kappa shape index (κ2) is 7.70. The smallest absolute Gasteiger partial charge is 0.416 e. The first-order chi connectivity index (χ1) is 11.3. The van der Waals surface area contributed by atoms with Crippen molar-refractivity contribution < 1.29 is 22.7 Å². The lowest BCUT2D eigenvalue weighted by atomic mass is 10.1. The molecule has 0 radical (unpaired) electrons. The third-order valence-corrected chi connectivity index (χ3v) is 4.09. The molecule has 3 nitrogen and oxygen atoms in total. The summed E-state index contributed by atoms with van der Waals surface area (Å²) in [7, 11) is 1.51. The monoisotopic (exact) mass is 401 g/mol. The normalized spacial score (nSPS) is 11.2. The van der Waals surface area contributed by atoms with Crippen molar-refractivity contribution in [2.45, 2.75) is 12.6 Å². The van der Waals surface area contributed by atoms with Crippen LogP contribution < -0.4 is 10.1 Å². The summed E-state index contributed by atoms with van der Waals surface area (Å²) in [5.41, 5.74) is 0.463. The molecular weight excluding hydrogens is 387 g/mol. The van der Waals surface area contributed by atoms with Crippen molar-refractivity contribution in [2.75, 3.05) is 13.7 Å². The van der Waals surface area contributed by atoms with Crippen LogP contribution in [0.4, 0.5) is 13.2 Å². The lowest BCUT2D eigenvalue weighted by Gasteiger charge is -2.10. The molecule has 0 heterocycles.